The molecule has 1 nitrogen and oxygen atoms in total. The number of ether oxygens (including phenoxy) is 1. The van der Waals surface area contributed by atoms with E-state index in [0.717, 1.165) is 12.2 Å². The third-order valence-electron chi connectivity index (χ3n) is 2.57. The van der Waals surface area contributed by atoms with Crippen molar-refractivity contribution in [2.75, 3.05) is 0 Å². The molecule has 0 aliphatic heterocycles. The van der Waals surface area contributed by atoms with Crippen LogP contribution in [0.25, 0.3) is 0 Å². The molecule has 17 heavy (non-hydrogen) atoms. The van der Waals surface area contributed by atoms with E-state index in [2.05, 4.69) is 50.2 Å². The predicted octanol–water partition coefficient (Wildman–Crippen LogP) is 4.06. The van der Waals surface area contributed by atoms with Crippen LogP contribution < -0.4 is 4.74 Å². The van der Waals surface area contributed by atoms with Crippen LogP contribution in [-0.2, 0) is 6.42 Å². The highest BCUT2D eigenvalue weighted by atomic mass is 16.5. The van der Waals surface area contributed by atoms with Crippen LogP contribution in [0.4, 0.5) is 0 Å². The van der Waals surface area contributed by atoms with Gasteiger partial charge in [-0.15, -0.1) is 0 Å². The molecule has 0 unspecified atom stereocenters. The van der Waals surface area contributed by atoms with Gasteiger partial charge >= 0.3 is 0 Å². The van der Waals surface area contributed by atoms with E-state index < -0.39 is 0 Å². The average Bonchev–Trinajstić information content (AvgIpc) is 2.32. The Balaban J connectivity index is 2.20. The maximum Gasteiger partial charge on any atom is 0.123 e. The first-order valence-electron chi connectivity index (χ1n) is 6.04. The molecule has 0 bridgehead atoms. The molecule has 2 aromatic rings. The van der Waals surface area contributed by atoms with E-state index in [1.165, 1.54) is 11.1 Å². The number of rotatable bonds is 4. The second-order valence-electron chi connectivity index (χ2n) is 4.44. The van der Waals surface area contributed by atoms with Crippen LogP contribution in [0.1, 0.15) is 25.0 Å². The Morgan fingerprint density at radius 3 is 2.24 bits per heavy atom. The monoisotopic (exact) mass is 226 g/mol. The molecule has 0 saturated heterocycles. The summed E-state index contributed by atoms with van der Waals surface area (Å²) >= 11 is 0. The molecule has 0 aromatic heterocycles. The molecule has 0 N–H and O–H groups in total. The van der Waals surface area contributed by atoms with Crippen LogP contribution in [0.3, 0.4) is 0 Å². The number of hydrogen-bond acceptors (Lipinski definition) is 1. The molecule has 0 aliphatic carbocycles. The summed E-state index contributed by atoms with van der Waals surface area (Å²) in [6, 6.07) is 18.7. The summed E-state index contributed by atoms with van der Waals surface area (Å²) < 4.78 is 5.82. The highest BCUT2D eigenvalue weighted by Gasteiger charge is 2.05. The Bertz CT molecular complexity index is 460. The lowest BCUT2D eigenvalue weighted by molar-refractivity contribution is 0.240. The molecule has 0 radical (unpaired) electrons. The van der Waals surface area contributed by atoms with Gasteiger partial charge in [0.1, 0.15) is 5.75 Å². The second-order valence-corrected chi connectivity index (χ2v) is 4.44. The highest BCUT2D eigenvalue weighted by molar-refractivity contribution is 5.37. The van der Waals surface area contributed by atoms with Crippen molar-refractivity contribution < 1.29 is 4.74 Å². The van der Waals surface area contributed by atoms with Gasteiger partial charge in [0.25, 0.3) is 0 Å². The van der Waals surface area contributed by atoms with Crippen LogP contribution in [0.5, 0.6) is 5.75 Å². The van der Waals surface area contributed by atoms with Crippen molar-refractivity contribution in [2.45, 2.75) is 26.4 Å². The Labute approximate surface area is 103 Å². The van der Waals surface area contributed by atoms with Crippen molar-refractivity contribution in [1.82, 2.24) is 0 Å². The van der Waals surface area contributed by atoms with Gasteiger partial charge in [-0.2, -0.15) is 0 Å². The van der Waals surface area contributed by atoms with Gasteiger partial charge < -0.3 is 4.74 Å². The van der Waals surface area contributed by atoms with Crippen LogP contribution in [0.15, 0.2) is 54.6 Å². The topological polar surface area (TPSA) is 9.23 Å². The van der Waals surface area contributed by atoms with E-state index in [0.29, 0.717) is 0 Å². The molecule has 0 saturated carbocycles. The molecule has 2 rings (SSSR count). The van der Waals surface area contributed by atoms with Gasteiger partial charge in [0, 0.05) is 6.42 Å². The van der Waals surface area contributed by atoms with Gasteiger partial charge in [0.05, 0.1) is 6.10 Å². The summed E-state index contributed by atoms with van der Waals surface area (Å²) in [5.74, 6) is 0.992. The fourth-order valence-corrected chi connectivity index (χ4v) is 1.83. The first-order chi connectivity index (χ1) is 8.25. The lowest BCUT2D eigenvalue weighted by Crippen LogP contribution is -2.07. The zero-order valence-corrected chi connectivity index (χ0v) is 10.4. The van der Waals surface area contributed by atoms with Crippen molar-refractivity contribution in [3.63, 3.8) is 0 Å². The molecule has 0 fully saturated rings. The summed E-state index contributed by atoms with van der Waals surface area (Å²) in [5, 5.41) is 0. The molecule has 88 valence electrons. The maximum absolute atomic E-state index is 5.82. The van der Waals surface area contributed by atoms with Gasteiger partial charge in [-0.1, -0.05) is 48.5 Å². The number of para-hydroxylation sites is 1. The minimum atomic E-state index is 0.215. The number of hydrogen-bond donors (Lipinski definition) is 0. The lowest BCUT2D eigenvalue weighted by Gasteiger charge is -2.14. The molecular formula is C16H18O. The minimum absolute atomic E-state index is 0.215. The molecule has 0 amide bonds. The molecule has 0 heterocycles. The summed E-state index contributed by atoms with van der Waals surface area (Å²) in [7, 11) is 0. The van der Waals surface area contributed by atoms with Crippen molar-refractivity contribution in [2.24, 2.45) is 0 Å². The lowest BCUT2D eigenvalue weighted by atomic mass is 10.0. The zero-order chi connectivity index (χ0) is 12.1. The minimum Gasteiger partial charge on any atom is -0.491 e. The van der Waals surface area contributed by atoms with Crippen molar-refractivity contribution in [3.05, 3.63) is 65.7 Å². The SMILES string of the molecule is CC(C)Oc1ccccc1Cc1ccccc1. The smallest absolute Gasteiger partial charge is 0.123 e. The van der Waals surface area contributed by atoms with Crippen LogP contribution >= 0.6 is 0 Å². The Hall–Kier alpha value is -1.76. The fraction of sp³-hybridized carbons (Fsp3) is 0.250. The average molecular weight is 226 g/mol. The number of benzene rings is 2. The van der Waals surface area contributed by atoms with Crippen LogP contribution in [0.2, 0.25) is 0 Å². The quantitative estimate of drug-likeness (QED) is 0.763. The van der Waals surface area contributed by atoms with Crippen LogP contribution in [0, 0.1) is 0 Å². The Morgan fingerprint density at radius 1 is 0.882 bits per heavy atom. The Kier molecular flexibility index (Phi) is 3.81. The molecule has 0 spiro atoms. The molecular weight excluding hydrogens is 208 g/mol. The standard InChI is InChI=1S/C16H18O/c1-13(2)17-16-11-7-6-10-15(16)12-14-8-4-3-5-9-14/h3-11,13H,12H2,1-2H3. The summed E-state index contributed by atoms with van der Waals surface area (Å²) in [5.41, 5.74) is 2.56. The highest BCUT2D eigenvalue weighted by Crippen LogP contribution is 2.22. The van der Waals surface area contributed by atoms with E-state index >= 15 is 0 Å². The largest absolute Gasteiger partial charge is 0.491 e. The summed E-state index contributed by atoms with van der Waals surface area (Å²) in [6.45, 7) is 4.11. The van der Waals surface area contributed by atoms with Gasteiger partial charge in [-0.3, -0.25) is 0 Å². The maximum atomic E-state index is 5.82. The van der Waals surface area contributed by atoms with Gasteiger partial charge in [0.15, 0.2) is 0 Å². The van der Waals surface area contributed by atoms with Crippen molar-refractivity contribution in [3.8, 4) is 5.75 Å². The van der Waals surface area contributed by atoms with E-state index in [-0.39, 0.29) is 6.10 Å². The second kappa shape index (κ2) is 5.53. The van der Waals surface area contributed by atoms with Gasteiger partial charge in [-0.05, 0) is 31.0 Å². The van der Waals surface area contributed by atoms with E-state index in [1.807, 2.05) is 18.2 Å². The van der Waals surface area contributed by atoms with E-state index in [9.17, 15) is 0 Å². The molecule has 0 atom stereocenters. The summed E-state index contributed by atoms with van der Waals surface area (Å²) in [6.07, 6.45) is 1.14. The van der Waals surface area contributed by atoms with Crippen LogP contribution in [-0.4, -0.2) is 6.10 Å². The Morgan fingerprint density at radius 2 is 1.53 bits per heavy atom. The predicted molar refractivity (Wildman–Crippen MR) is 71.5 cm³/mol. The normalized spacial score (nSPS) is 10.5. The summed E-state index contributed by atoms with van der Waals surface area (Å²) in [4.78, 5) is 0. The van der Waals surface area contributed by atoms with Crippen molar-refractivity contribution in [1.29, 1.82) is 0 Å². The van der Waals surface area contributed by atoms with Gasteiger partial charge in [0.2, 0.25) is 0 Å². The van der Waals surface area contributed by atoms with Crippen molar-refractivity contribution >= 4 is 0 Å². The van der Waals surface area contributed by atoms with E-state index in [1.54, 1.807) is 0 Å². The van der Waals surface area contributed by atoms with E-state index in [4.69, 9.17) is 4.74 Å². The fourth-order valence-electron chi connectivity index (χ4n) is 1.83. The third-order valence-corrected chi connectivity index (χ3v) is 2.57. The first kappa shape index (κ1) is 11.7. The molecule has 0 aliphatic rings. The molecule has 2 aromatic carbocycles. The first-order valence-corrected chi connectivity index (χ1v) is 6.04. The van der Waals surface area contributed by atoms with Gasteiger partial charge in [-0.25, -0.2) is 0 Å². The zero-order valence-electron chi connectivity index (χ0n) is 10.4. The third kappa shape index (κ3) is 3.35. The molecule has 1 heteroatoms.